The van der Waals surface area contributed by atoms with Crippen LogP contribution in [0.2, 0.25) is 0 Å². The van der Waals surface area contributed by atoms with Crippen LogP contribution in [-0.4, -0.2) is 29.5 Å². The number of hydrogen-bond donors (Lipinski definition) is 1. The zero-order valence-electron chi connectivity index (χ0n) is 12.5. The molecular weight excluding hydrogens is 292 g/mol. The van der Waals surface area contributed by atoms with Crippen LogP contribution in [0.3, 0.4) is 0 Å². The van der Waals surface area contributed by atoms with Gasteiger partial charge in [0.15, 0.2) is 0 Å². The predicted molar refractivity (Wildman–Crippen MR) is 89.8 cm³/mol. The maximum atomic E-state index is 9.10. The van der Waals surface area contributed by atoms with Gasteiger partial charge in [0.1, 0.15) is 11.9 Å². The van der Waals surface area contributed by atoms with Crippen LogP contribution in [0, 0.1) is 17.2 Å². The molecule has 3 heterocycles. The number of nitrogens with one attached hydrogen (secondary N) is 1. The van der Waals surface area contributed by atoms with Crippen molar-refractivity contribution in [2.24, 2.45) is 5.92 Å². The van der Waals surface area contributed by atoms with Crippen molar-refractivity contribution < 1.29 is 0 Å². The van der Waals surface area contributed by atoms with E-state index >= 15 is 0 Å². The van der Waals surface area contributed by atoms with E-state index in [4.69, 9.17) is 5.26 Å². The topological polar surface area (TPSA) is 52.0 Å². The van der Waals surface area contributed by atoms with Gasteiger partial charge in [-0.2, -0.15) is 5.26 Å². The first-order valence-corrected chi connectivity index (χ1v) is 8.57. The molecule has 22 heavy (non-hydrogen) atoms. The fourth-order valence-electron chi connectivity index (χ4n) is 2.96. The normalized spacial score (nSPS) is 18.8. The Balaban J connectivity index is 1.53. The van der Waals surface area contributed by atoms with Crippen molar-refractivity contribution in [2.45, 2.75) is 19.4 Å². The van der Waals surface area contributed by atoms with Crippen LogP contribution in [-0.2, 0) is 6.54 Å². The summed E-state index contributed by atoms with van der Waals surface area (Å²) in [6, 6.07) is 10.1. The molecule has 0 saturated carbocycles. The highest BCUT2D eigenvalue weighted by Crippen LogP contribution is 2.21. The molecule has 2 aromatic rings. The zero-order chi connectivity index (χ0) is 15.2. The summed E-state index contributed by atoms with van der Waals surface area (Å²) in [5.41, 5.74) is 0.619. The molecule has 2 aromatic heterocycles. The second-order valence-corrected chi connectivity index (χ2v) is 6.75. The highest BCUT2D eigenvalue weighted by Gasteiger charge is 2.20. The molecule has 0 radical (unpaired) electrons. The standard InChI is InChI=1S/C17H20N4S/c18-10-15-5-1-7-19-17(15)20-11-14-4-2-8-21(12-14)13-16-6-3-9-22-16/h1,3,5-7,9,14H,2,4,8,11-13H2,(H,19,20)/t14-/m1/s1. The number of pyridine rings is 1. The number of likely N-dealkylation sites (tertiary alicyclic amines) is 1. The number of thiophene rings is 1. The quantitative estimate of drug-likeness (QED) is 0.920. The van der Waals surface area contributed by atoms with Gasteiger partial charge in [-0.25, -0.2) is 4.98 Å². The molecule has 0 aliphatic carbocycles. The molecule has 114 valence electrons. The second kappa shape index (κ2) is 7.39. The minimum Gasteiger partial charge on any atom is -0.369 e. The summed E-state index contributed by atoms with van der Waals surface area (Å²) in [5.74, 6) is 1.32. The monoisotopic (exact) mass is 312 g/mol. The number of nitrogens with zero attached hydrogens (tertiary/aromatic N) is 3. The van der Waals surface area contributed by atoms with Crippen LogP contribution >= 0.6 is 11.3 Å². The Morgan fingerprint density at radius 2 is 2.36 bits per heavy atom. The molecule has 1 saturated heterocycles. The maximum absolute atomic E-state index is 9.10. The van der Waals surface area contributed by atoms with Gasteiger partial charge in [-0.15, -0.1) is 11.3 Å². The largest absolute Gasteiger partial charge is 0.369 e. The Bertz CT molecular complexity index is 632. The summed E-state index contributed by atoms with van der Waals surface area (Å²) in [6.07, 6.45) is 4.21. The number of anilines is 1. The van der Waals surface area contributed by atoms with E-state index in [0.29, 0.717) is 17.3 Å². The average Bonchev–Trinajstić information content (AvgIpc) is 3.06. The Labute approximate surface area is 135 Å². The molecule has 5 heteroatoms. The number of hydrogen-bond acceptors (Lipinski definition) is 5. The van der Waals surface area contributed by atoms with Crippen LogP contribution in [0.15, 0.2) is 35.8 Å². The van der Waals surface area contributed by atoms with E-state index in [2.05, 4.69) is 38.8 Å². The third-order valence-corrected chi connectivity index (χ3v) is 4.91. The van der Waals surface area contributed by atoms with E-state index in [-0.39, 0.29) is 0 Å². The van der Waals surface area contributed by atoms with Gasteiger partial charge in [0.2, 0.25) is 0 Å². The highest BCUT2D eigenvalue weighted by atomic mass is 32.1. The van der Waals surface area contributed by atoms with Crippen molar-refractivity contribution >= 4 is 17.2 Å². The average molecular weight is 312 g/mol. The van der Waals surface area contributed by atoms with Gasteiger partial charge in [0.05, 0.1) is 5.56 Å². The Morgan fingerprint density at radius 1 is 1.41 bits per heavy atom. The first kappa shape index (κ1) is 15.0. The lowest BCUT2D eigenvalue weighted by atomic mass is 9.98. The highest BCUT2D eigenvalue weighted by molar-refractivity contribution is 7.09. The van der Waals surface area contributed by atoms with E-state index in [0.717, 1.165) is 19.6 Å². The van der Waals surface area contributed by atoms with Crippen molar-refractivity contribution in [3.05, 3.63) is 46.3 Å². The molecule has 4 nitrogen and oxygen atoms in total. The van der Waals surface area contributed by atoms with Gasteiger partial charge in [-0.3, -0.25) is 4.90 Å². The van der Waals surface area contributed by atoms with Crippen LogP contribution in [0.1, 0.15) is 23.3 Å². The Morgan fingerprint density at radius 3 is 3.18 bits per heavy atom. The molecule has 1 atom stereocenters. The fourth-order valence-corrected chi connectivity index (χ4v) is 3.71. The van der Waals surface area contributed by atoms with Crippen LogP contribution in [0.4, 0.5) is 5.82 Å². The summed E-state index contributed by atoms with van der Waals surface area (Å²) >= 11 is 1.83. The minimum absolute atomic E-state index is 0.613. The third-order valence-electron chi connectivity index (χ3n) is 4.05. The van der Waals surface area contributed by atoms with Crippen molar-refractivity contribution in [3.8, 4) is 6.07 Å². The Hall–Kier alpha value is -1.90. The minimum atomic E-state index is 0.613. The van der Waals surface area contributed by atoms with E-state index in [1.165, 1.54) is 24.3 Å². The lowest BCUT2D eigenvalue weighted by Gasteiger charge is -2.32. The van der Waals surface area contributed by atoms with E-state index in [1.807, 2.05) is 11.3 Å². The molecule has 0 amide bonds. The predicted octanol–water partition coefficient (Wildman–Crippen LogP) is 3.34. The van der Waals surface area contributed by atoms with E-state index in [1.54, 1.807) is 18.3 Å². The first-order chi connectivity index (χ1) is 10.8. The lowest BCUT2D eigenvalue weighted by Crippen LogP contribution is -2.37. The summed E-state index contributed by atoms with van der Waals surface area (Å²) < 4.78 is 0. The molecule has 1 aliphatic heterocycles. The van der Waals surface area contributed by atoms with Crippen molar-refractivity contribution in [1.29, 1.82) is 5.26 Å². The van der Waals surface area contributed by atoms with Gasteiger partial charge >= 0.3 is 0 Å². The summed E-state index contributed by atoms with van der Waals surface area (Å²) in [5, 5.41) is 14.6. The van der Waals surface area contributed by atoms with Gasteiger partial charge in [0, 0.05) is 30.7 Å². The Kier molecular flexibility index (Phi) is 5.04. The molecule has 1 N–H and O–H groups in total. The molecule has 0 unspecified atom stereocenters. The summed E-state index contributed by atoms with van der Waals surface area (Å²) in [6.45, 7) is 4.23. The van der Waals surface area contributed by atoms with Crippen LogP contribution < -0.4 is 5.32 Å². The van der Waals surface area contributed by atoms with Gasteiger partial charge in [-0.05, 0) is 48.9 Å². The second-order valence-electron chi connectivity index (χ2n) is 5.72. The van der Waals surface area contributed by atoms with Crippen molar-refractivity contribution in [2.75, 3.05) is 25.0 Å². The molecule has 1 aliphatic rings. The number of nitriles is 1. The van der Waals surface area contributed by atoms with E-state index < -0.39 is 0 Å². The summed E-state index contributed by atoms with van der Waals surface area (Å²) in [4.78, 5) is 8.24. The maximum Gasteiger partial charge on any atom is 0.143 e. The zero-order valence-corrected chi connectivity index (χ0v) is 13.4. The van der Waals surface area contributed by atoms with Gasteiger partial charge in [-0.1, -0.05) is 6.07 Å². The first-order valence-electron chi connectivity index (χ1n) is 7.69. The molecule has 3 rings (SSSR count). The SMILES string of the molecule is N#Cc1cccnc1NC[C@H]1CCCN(Cc2cccs2)C1. The van der Waals surface area contributed by atoms with Gasteiger partial charge < -0.3 is 5.32 Å². The van der Waals surface area contributed by atoms with Crippen LogP contribution in [0.25, 0.3) is 0 Å². The number of rotatable bonds is 5. The smallest absolute Gasteiger partial charge is 0.143 e. The molecule has 0 spiro atoms. The van der Waals surface area contributed by atoms with Crippen LogP contribution in [0.5, 0.6) is 0 Å². The number of aromatic nitrogens is 1. The van der Waals surface area contributed by atoms with E-state index in [9.17, 15) is 0 Å². The molecule has 0 aromatic carbocycles. The van der Waals surface area contributed by atoms with Gasteiger partial charge in [0.25, 0.3) is 0 Å². The fraction of sp³-hybridized carbons (Fsp3) is 0.412. The van der Waals surface area contributed by atoms with Crippen molar-refractivity contribution in [1.82, 2.24) is 9.88 Å². The summed E-state index contributed by atoms with van der Waals surface area (Å²) in [7, 11) is 0. The lowest BCUT2D eigenvalue weighted by molar-refractivity contribution is 0.174. The number of piperidine rings is 1. The molecular formula is C17H20N4S. The van der Waals surface area contributed by atoms with Crippen molar-refractivity contribution in [3.63, 3.8) is 0 Å². The third kappa shape index (κ3) is 3.85. The molecule has 1 fully saturated rings. The molecule has 0 bridgehead atoms.